The summed E-state index contributed by atoms with van der Waals surface area (Å²) in [6.45, 7) is 0. The number of aromatic amines is 1. The van der Waals surface area contributed by atoms with Crippen molar-refractivity contribution in [2.24, 2.45) is 0 Å². The zero-order valence-corrected chi connectivity index (χ0v) is 11.8. The summed E-state index contributed by atoms with van der Waals surface area (Å²) in [5.74, 6) is -1.86. The van der Waals surface area contributed by atoms with Crippen LogP contribution in [0.1, 0.15) is 5.56 Å². The number of benzene rings is 1. The van der Waals surface area contributed by atoms with Crippen molar-refractivity contribution in [3.8, 4) is 0 Å². The maximum atomic E-state index is 11.4. The maximum absolute atomic E-state index is 11.4. The van der Waals surface area contributed by atoms with E-state index in [0.29, 0.717) is 0 Å². The van der Waals surface area contributed by atoms with E-state index < -0.39 is 22.8 Å². The SMILES string of the molecule is O=C(NC(Cc1c[nH]c2ccccc12)C(=O)O)C(Cl)Cl. The molecule has 1 aromatic heterocycles. The molecule has 20 heavy (non-hydrogen) atoms. The van der Waals surface area contributed by atoms with Gasteiger partial charge in [-0.1, -0.05) is 41.4 Å². The summed E-state index contributed by atoms with van der Waals surface area (Å²) < 4.78 is 0. The number of halogens is 2. The highest BCUT2D eigenvalue weighted by molar-refractivity contribution is 6.53. The Bertz CT molecular complexity index is 639. The molecule has 1 aromatic carbocycles. The second-order valence-corrected chi connectivity index (χ2v) is 5.36. The zero-order valence-electron chi connectivity index (χ0n) is 10.3. The number of nitrogens with one attached hydrogen (secondary N) is 2. The molecule has 5 nitrogen and oxygen atoms in total. The molecule has 2 rings (SSSR count). The molecule has 0 radical (unpaired) electrons. The van der Waals surface area contributed by atoms with Gasteiger partial charge in [0.1, 0.15) is 6.04 Å². The summed E-state index contributed by atoms with van der Waals surface area (Å²) in [4.78, 5) is 24.4. The van der Waals surface area contributed by atoms with Gasteiger partial charge in [-0.15, -0.1) is 0 Å². The molecule has 0 bridgehead atoms. The average molecular weight is 315 g/mol. The highest BCUT2D eigenvalue weighted by atomic mass is 35.5. The van der Waals surface area contributed by atoms with E-state index in [-0.39, 0.29) is 6.42 Å². The van der Waals surface area contributed by atoms with Crippen molar-refractivity contribution in [1.82, 2.24) is 10.3 Å². The monoisotopic (exact) mass is 314 g/mol. The van der Waals surface area contributed by atoms with Crippen LogP contribution in [0, 0.1) is 0 Å². The second-order valence-electron chi connectivity index (χ2n) is 4.26. The summed E-state index contributed by atoms with van der Waals surface area (Å²) in [5, 5.41) is 12.4. The number of carbonyl (C=O) groups excluding carboxylic acids is 1. The van der Waals surface area contributed by atoms with Gasteiger partial charge < -0.3 is 15.4 Å². The van der Waals surface area contributed by atoms with Crippen molar-refractivity contribution in [1.29, 1.82) is 0 Å². The van der Waals surface area contributed by atoms with Crippen LogP contribution >= 0.6 is 23.2 Å². The fourth-order valence-electron chi connectivity index (χ4n) is 1.96. The Labute approximate surface area is 124 Å². The summed E-state index contributed by atoms with van der Waals surface area (Å²) in [5.41, 5.74) is 1.71. The maximum Gasteiger partial charge on any atom is 0.326 e. The van der Waals surface area contributed by atoms with Crippen molar-refractivity contribution in [3.05, 3.63) is 36.0 Å². The molecule has 1 heterocycles. The smallest absolute Gasteiger partial charge is 0.326 e. The molecule has 2 aromatic rings. The number of hydrogen-bond acceptors (Lipinski definition) is 2. The lowest BCUT2D eigenvalue weighted by atomic mass is 10.1. The van der Waals surface area contributed by atoms with E-state index in [4.69, 9.17) is 28.3 Å². The number of carboxylic acids is 1. The van der Waals surface area contributed by atoms with Gasteiger partial charge in [0.15, 0.2) is 4.84 Å². The highest BCUT2D eigenvalue weighted by Crippen LogP contribution is 2.19. The Balaban J connectivity index is 2.20. The van der Waals surface area contributed by atoms with E-state index in [2.05, 4.69) is 10.3 Å². The molecular formula is C13H12Cl2N2O3. The van der Waals surface area contributed by atoms with Crippen molar-refractivity contribution in [2.75, 3.05) is 0 Å². The van der Waals surface area contributed by atoms with Gasteiger partial charge in [-0.2, -0.15) is 0 Å². The molecule has 106 valence electrons. The standard InChI is InChI=1S/C13H12Cl2N2O3/c14-11(15)12(18)17-10(13(19)20)5-7-6-16-9-4-2-1-3-8(7)9/h1-4,6,10-11,16H,5H2,(H,17,18)(H,19,20). The number of aromatic nitrogens is 1. The lowest BCUT2D eigenvalue weighted by molar-refractivity contribution is -0.141. The van der Waals surface area contributed by atoms with E-state index in [9.17, 15) is 9.59 Å². The van der Waals surface area contributed by atoms with Crippen LogP contribution in [0.5, 0.6) is 0 Å². The Morgan fingerprint density at radius 3 is 2.65 bits per heavy atom. The minimum Gasteiger partial charge on any atom is -0.480 e. The first-order valence-corrected chi connectivity index (χ1v) is 6.72. The quantitative estimate of drug-likeness (QED) is 0.739. The van der Waals surface area contributed by atoms with Crippen LogP contribution < -0.4 is 5.32 Å². The number of carbonyl (C=O) groups is 2. The molecule has 0 aliphatic heterocycles. The lowest BCUT2D eigenvalue weighted by Gasteiger charge is -2.14. The molecule has 3 N–H and O–H groups in total. The molecular weight excluding hydrogens is 303 g/mol. The first-order valence-electron chi connectivity index (χ1n) is 5.85. The number of carboxylic acid groups (broad SMARTS) is 1. The Kier molecular flexibility index (Phi) is 4.52. The van der Waals surface area contributed by atoms with Crippen molar-refractivity contribution < 1.29 is 14.7 Å². The number of H-pyrrole nitrogens is 1. The normalized spacial score (nSPS) is 12.6. The van der Waals surface area contributed by atoms with E-state index in [1.54, 1.807) is 6.20 Å². The summed E-state index contributed by atoms with van der Waals surface area (Å²) in [6, 6.07) is 6.43. The highest BCUT2D eigenvalue weighted by Gasteiger charge is 2.24. The topological polar surface area (TPSA) is 82.2 Å². The van der Waals surface area contributed by atoms with Crippen LogP contribution in [-0.4, -0.2) is 32.8 Å². The van der Waals surface area contributed by atoms with E-state index in [0.717, 1.165) is 16.5 Å². The molecule has 1 unspecified atom stereocenters. The van der Waals surface area contributed by atoms with Gasteiger partial charge in [0.25, 0.3) is 5.91 Å². The van der Waals surface area contributed by atoms with Gasteiger partial charge >= 0.3 is 5.97 Å². The summed E-state index contributed by atoms with van der Waals surface area (Å²) in [6.07, 6.45) is 1.87. The predicted molar refractivity (Wildman–Crippen MR) is 77.1 cm³/mol. The van der Waals surface area contributed by atoms with Gasteiger partial charge in [-0.05, 0) is 11.6 Å². The molecule has 0 saturated carbocycles. The molecule has 7 heteroatoms. The summed E-state index contributed by atoms with van der Waals surface area (Å²) >= 11 is 10.8. The van der Waals surface area contributed by atoms with E-state index in [1.807, 2.05) is 24.3 Å². The van der Waals surface area contributed by atoms with Crippen LogP contribution in [0.3, 0.4) is 0 Å². The second kappa shape index (κ2) is 6.15. The van der Waals surface area contributed by atoms with Crippen molar-refractivity contribution >= 4 is 46.0 Å². The number of hydrogen-bond donors (Lipinski definition) is 3. The molecule has 0 aliphatic rings. The van der Waals surface area contributed by atoms with Crippen LogP contribution in [0.25, 0.3) is 10.9 Å². The van der Waals surface area contributed by atoms with Crippen molar-refractivity contribution in [3.63, 3.8) is 0 Å². The molecule has 0 fully saturated rings. The van der Waals surface area contributed by atoms with Gasteiger partial charge in [0.2, 0.25) is 0 Å². The number of para-hydroxylation sites is 1. The van der Waals surface area contributed by atoms with Crippen LogP contribution in [0.2, 0.25) is 0 Å². The van der Waals surface area contributed by atoms with Crippen LogP contribution in [0.15, 0.2) is 30.5 Å². The third-order valence-corrected chi connectivity index (χ3v) is 3.31. The van der Waals surface area contributed by atoms with E-state index in [1.165, 1.54) is 0 Å². The summed E-state index contributed by atoms with van der Waals surface area (Å²) in [7, 11) is 0. The molecule has 1 atom stereocenters. The van der Waals surface area contributed by atoms with Gasteiger partial charge in [0, 0.05) is 23.5 Å². The minimum absolute atomic E-state index is 0.144. The zero-order chi connectivity index (χ0) is 14.7. The fraction of sp³-hybridized carbons (Fsp3) is 0.231. The largest absolute Gasteiger partial charge is 0.480 e. The predicted octanol–water partition coefficient (Wildman–Crippen LogP) is 2.08. The molecule has 0 spiro atoms. The van der Waals surface area contributed by atoms with E-state index >= 15 is 0 Å². The van der Waals surface area contributed by atoms with Crippen LogP contribution in [-0.2, 0) is 16.0 Å². The Hall–Kier alpha value is -1.72. The van der Waals surface area contributed by atoms with Gasteiger partial charge in [-0.3, -0.25) is 4.79 Å². The Morgan fingerprint density at radius 1 is 1.30 bits per heavy atom. The third kappa shape index (κ3) is 3.23. The Morgan fingerprint density at radius 2 is 2.00 bits per heavy atom. The number of aliphatic carboxylic acids is 1. The first kappa shape index (κ1) is 14.7. The average Bonchev–Trinajstić information content (AvgIpc) is 2.81. The molecule has 0 saturated heterocycles. The third-order valence-electron chi connectivity index (χ3n) is 2.91. The van der Waals surface area contributed by atoms with Crippen molar-refractivity contribution in [2.45, 2.75) is 17.3 Å². The molecule has 0 aliphatic carbocycles. The first-order chi connectivity index (χ1) is 9.49. The minimum atomic E-state index is -1.29. The molecule has 1 amide bonds. The lowest BCUT2D eigenvalue weighted by Crippen LogP contribution is -2.44. The fourth-order valence-corrected chi connectivity index (χ4v) is 2.08. The number of alkyl halides is 2. The van der Waals surface area contributed by atoms with Crippen LogP contribution in [0.4, 0.5) is 0 Å². The number of rotatable bonds is 5. The van der Waals surface area contributed by atoms with Gasteiger partial charge in [0.05, 0.1) is 0 Å². The van der Waals surface area contributed by atoms with Gasteiger partial charge in [-0.25, -0.2) is 4.79 Å². The number of fused-ring (bicyclic) bond motifs is 1. The number of amides is 1.